The number of ketones is 1. The molecule has 2 aromatic heterocycles. The molecule has 0 amide bonds. The van der Waals surface area contributed by atoms with Crippen molar-refractivity contribution < 1.29 is 4.79 Å². The fourth-order valence-corrected chi connectivity index (χ4v) is 5.17. The maximum absolute atomic E-state index is 12.5. The minimum absolute atomic E-state index is 0.161. The van der Waals surface area contributed by atoms with Crippen LogP contribution >= 0.6 is 0 Å². The summed E-state index contributed by atoms with van der Waals surface area (Å²) in [4.78, 5) is 33.3. The van der Waals surface area contributed by atoms with Crippen molar-refractivity contribution in [2.45, 2.75) is 31.5 Å². The Morgan fingerprint density at radius 1 is 0.861 bits per heavy atom. The Morgan fingerprint density at radius 2 is 1.58 bits per heavy atom. The van der Waals surface area contributed by atoms with Crippen LogP contribution in [0.3, 0.4) is 0 Å². The number of aromatic nitrogens is 2. The van der Waals surface area contributed by atoms with E-state index in [1.54, 1.807) is 0 Å². The average Bonchev–Trinajstić information content (AvgIpc) is 3.64. The highest BCUT2D eigenvalue weighted by Crippen LogP contribution is 2.42. The Balaban J connectivity index is 1.14. The van der Waals surface area contributed by atoms with Gasteiger partial charge in [-0.3, -0.25) is 9.69 Å². The quantitative estimate of drug-likeness (QED) is 0.266. The normalized spacial score (nSPS) is 17.3. The molecule has 2 fully saturated rings. The number of nitrogens with zero attached hydrogens (tertiary/aromatic N) is 5. The van der Waals surface area contributed by atoms with Gasteiger partial charge >= 0.3 is 0 Å². The zero-order chi connectivity index (χ0) is 24.5. The predicted octanol–water partition coefficient (Wildman–Crippen LogP) is 4.89. The molecule has 0 unspecified atom stereocenters. The van der Waals surface area contributed by atoms with E-state index in [0.29, 0.717) is 24.9 Å². The monoisotopic (exact) mass is 479 g/mol. The van der Waals surface area contributed by atoms with Crippen molar-refractivity contribution in [1.82, 2.24) is 14.5 Å². The fraction of sp³-hybridized carbons (Fsp3) is 0.310. The zero-order valence-electron chi connectivity index (χ0n) is 20.2. The second-order valence-corrected chi connectivity index (χ2v) is 9.91. The number of pyridine rings is 1. The van der Waals surface area contributed by atoms with Crippen molar-refractivity contribution in [2.75, 3.05) is 31.1 Å². The molecule has 0 bridgehead atoms. The summed E-state index contributed by atoms with van der Waals surface area (Å²) in [6.07, 6.45) is 5.10. The first-order valence-corrected chi connectivity index (χ1v) is 12.6. The summed E-state index contributed by atoms with van der Waals surface area (Å²) >= 11 is 0. The molecule has 7 heteroatoms. The maximum Gasteiger partial charge on any atom is 0.194 e. The molecule has 0 N–H and O–H groups in total. The molecular formula is C29H29N5O2. The van der Waals surface area contributed by atoms with E-state index < -0.39 is 5.54 Å². The molecule has 2 aromatic carbocycles. The summed E-state index contributed by atoms with van der Waals surface area (Å²) in [6.45, 7) is 5.70. The topological polar surface area (TPSA) is 70.8 Å². The molecule has 4 aromatic rings. The zero-order valence-corrected chi connectivity index (χ0v) is 20.2. The SMILES string of the molecule is O=NC1(C(=O)c2ccc(Cn3ccc4c(N5CCN(Cc6ccccc6)CC5)ccnc43)cc2)CC1. The summed E-state index contributed by atoms with van der Waals surface area (Å²) in [5.41, 5.74) is 4.18. The molecule has 1 saturated carbocycles. The number of carbonyl (C=O) groups is 1. The van der Waals surface area contributed by atoms with Gasteiger partial charge in [-0.1, -0.05) is 59.8 Å². The molecule has 3 heterocycles. The second kappa shape index (κ2) is 9.32. The highest BCUT2D eigenvalue weighted by molar-refractivity contribution is 6.05. The number of anilines is 1. The van der Waals surface area contributed by atoms with E-state index in [9.17, 15) is 9.70 Å². The Kier molecular flexibility index (Phi) is 5.85. The number of carbonyl (C=O) groups excluding carboxylic acids is 1. The van der Waals surface area contributed by atoms with Crippen molar-refractivity contribution in [3.8, 4) is 0 Å². The number of hydrogen-bond acceptors (Lipinski definition) is 6. The van der Waals surface area contributed by atoms with Crippen molar-refractivity contribution in [3.05, 3.63) is 101 Å². The third kappa shape index (κ3) is 4.31. The summed E-state index contributed by atoms with van der Waals surface area (Å²) in [5.74, 6) is -0.161. The second-order valence-electron chi connectivity index (χ2n) is 9.91. The number of benzene rings is 2. The number of fused-ring (bicyclic) bond motifs is 1. The molecule has 36 heavy (non-hydrogen) atoms. The predicted molar refractivity (Wildman–Crippen MR) is 141 cm³/mol. The lowest BCUT2D eigenvalue weighted by molar-refractivity contribution is 0.0950. The molecule has 0 spiro atoms. The average molecular weight is 480 g/mol. The van der Waals surface area contributed by atoms with E-state index in [0.717, 1.165) is 49.3 Å². The van der Waals surface area contributed by atoms with Gasteiger partial charge in [-0.2, -0.15) is 0 Å². The molecule has 182 valence electrons. The molecule has 1 saturated heterocycles. The van der Waals surface area contributed by atoms with Gasteiger partial charge in [-0.15, -0.1) is 4.91 Å². The number of Topliss-reactive ketones (excluding diaryl/α,β-unsaturated/α-hetero) is 1. The van der Waals surface area contributed by atoms with Gasteiger partial charge in [0.2, 0.25) is 0 Å². The van der Waals surface area contributed by atoms with Crippen LogP contribution in [0.25, 0.3) is 11.0 Å². The van der Waals surface area contributed by atoms with Crippen molar-refractivity contribution in [2.24, 2.45) is 5.18 Å². The van der Waals surface area contributed by atoms with Gasteiger partial charge in [-0.05, 0) is 36.1 Å². The van der Waals surface area contributed by atoms with Crippen LogP contribution in [0, 0.1) is 4.91 Å². The van der Waals surface area contributed by atoms with Crippen LogP contribution in [-0.2, 0) is 13.1 Å². The maximum atomic E-state index is 12.5. The third-order valence-corrected chi connectivity index (χ3v) is 7.49. The summed E-state index contributed by atoms with van der Waals surface area (Å²) in [6, 6.07) is 22.5. The summed E-state index contributed by atoms with van der Waals surface area (Å²) in [7, 11) is 0. The van der Waals surface area contributed by atoms with Crippen LogP contribution in [0.4, 0.5) is 5.69 Å². The van der Waals surface area contributed by atoms with Crippen molar-refractivity contribution in [3.63, 3.8) is 0 Å². The van der Waals surface area contributed by atoms with Crippen LogP contribution in [0.5, 0.6) is 0 Å². The van der Waals surface area contributed by atoms with Gasteiger partial charge < -0.3 is 9.47 Å². The Hall–Kier alpha value is -3.84. The smallest absolute Gasteiger partial charge is 0.194 e. The molecule has 0 atom stereocenters. The standard InChI is InChI=1S/C29H29N5O2/c35-27(29(31-36)12-13-29)24-8-6-23(7-9-24)21-34-15-11-25-26(10-14-30-28(25)34)33-18-16-32(17-19-33)20-22-4-2-1-3-5-22/h1-11,14-15H,12-13,16-21H2. The Labute approximate surface area is 210 Å². The molecule has 6 rings (SSSR count). The molecule has 0 radical (unpaired) electrons. The van der Waals surface area contributed by atoms with Gasteiger partial charge in [0.15, 0.2) is 11.3 Å². The number of nitroso groups, excluding NO2 is 1. The van der Waals surface area contributed by atoms with E-state index in [-0.39, 0.29) is 5.78 Å². The first-order chi connectivity index (χ1) is 17.6. The number of hydrogen-bond donors (Lipinski definition) is 0. The van der Waals surface area contributed by atoms with E-state index in [2.05, 4.69) is 73.2 Å². The van der Waals surface area contributed by atoms with E-state index in [1.807, 2.05) is 30.5 Å². The van der Waals surface area contributed by atoms with Gasteiger partial charge in [0.05, 0.1) is 0 Å². The first kappa shape index (κ1) is 22.6. The van der Waals surface area contributed by atoms with Crippen LogP contribution in [0.15, 0.2) is 84.3 Å². The number of piperazine rings is 1. The van der Waals surface area contributed by atoms with Crippen LogP contribution in [0.2, 0.25) is 0 Å². The largest absolute Gasteiger partial charge is 0.368 e. The fourth-order valence-electron chi connectivity index (χ4n) is 5.17. The van der Waals surface area contributed by atoms with Gasteiger partial charge in [0.25, 0.3) is 0 Å². The Bertz CT molecular complexity index is 1380. The first-order valence-electron chi connectivity index (χ1n) is 12.6. The van der Waals surface area contributed by atoms with Gasteiger partial charge in [0, 0.05) is 68.3 Å². The van der Waals surface area contributed by atoms with Crippen molar-refractivity contribution in [1.29, 1.82) is 0 Å². The molecule has 7 nitrogen and oxygen atoms in total. The summed E-state index contributed by atoms with van der Waals surface area (Å²) in [5, 5.41) is 4.24. The minimum Gasteiger partial charge on any atom is -0.368 e. The molecule has 1 aliphatic carbocycles. The molecule has 2 aliphatic rings. The molecule has 1 aliphatic heterocycles. The number of rotatable bonds is 8. The van der Waals surface area contributed by atoms with Crippen LogP contribution < -0.4 is 4.90 Å². The van der Waals surface area contributed by atoms with Gasteiger partial charge in [-0.25, -0.2) is 4.98 Å². The van der Waals surface area contributed by atoms with Crippen molar-refractivity contribution >= 4 is 22.5 Å². The molecular weight excluding hydrogens is 450 g/mol. The Morgan fingerprint density at radius 3 is 2.28 bits per heavy atom. The van der Waals surface area contributed by atoms with E-state index in [4.69, 9.17) is 0 Å². The third-order valence-electron chi connectivity index (χ3n) is 7.49. The van der Waals surface area contributed by atoms with E-state index >= 15 is 0 Å². The highest BCUT2D eigenvalue weighted by Gasteiger charge is 2.52. The lowest BCUT2D eigenvalue weighted by atomic mass is 10.0. The van der Waals surface area contributed by atoms with Crippen LogP contribution in [-0.4, -0.2) is 52.0 Å². The lowest BCUT2D eigenvalue weighted by Crippen LogP contribution is -2.46. The lowest BCUT2D eigenvalue weighted by Gasteiger charge is -2.36. The van der Waals surface area contributed by atoms with Gasteiger partial charge in [0.1, 0.15) is 5.65 Å². The van der Waals surface area contributed by atoms with Crippen LogP contribution in [0.1, 0.15) is 34.3 Å². The van der Waals surface area contributed by atoms with E-state index in [1.165, 1.54) is 11.3 Å². The minimum atomic E-state index is -1.01. The highest BCUT2D eigenvalue weighted by atomic mass is 16.3. The summed E-state index contributed by atoms with van der Waals surface area (Å²) < 4.78 is 2.15.